The molecule has 0 aliphatic carbocycles. The Morgan fingerprint density at radius 1 is 1.20 bits per heavy atom. The topological polar surface area (TPSA) is 78.5 Å². The number of fused-ring (bicyclic) bond motifs is 4. The zero-order valence-corrected chi connectivity index (χ0v) is 13.9. The summed E-state index contributed by atoms with van der Waals surface area (Å²) in [5.74, 6) is 0.280. The molecule has 2 aromatic heterocycles. The number of pyridine rings is 1. The number of hydrogen-bond acceptors (Lipinski definition) is 5. The van der Waals surface area contributed by atoms with Crippen molar-refractivity contribution in [3.63, 3.8) is 0 Å². The van der Waals surface area contributed by atoms with Crippen molar-refractivity contribution < 1.29 is 14.0 Å². The van der Waals surface area contributed by atoms with Crippen LogP contribution in [0.5, 0.6) is 0 Å². The quantitative estimate of drug-likeness (QED) is 0.847. The van der Waals surface area contributed by atoms with Crippen LogP contribution in [0.2, 0.25) is 0 Å². The molecular formula is C18H20N4O3. The maximum Gasteiger partial charge on any atom is 0.274 e. The van der Waals surface area contributed by atoms with Gasteiger partial charge < -0.3 is 19.5 Å². The lowest BCUT2D eigenvalue weighted by molar-refractivity contribution is 0.0618. The molecule has 6 heterocycles. The van der Waals surface area contributed by atoms with E-state index in [0.717, 1.165) is 45.6 Å². The summed E-state index contributed by atoms with van der Waals surface area (Å²) in [6.45, 7) is 4.73. The molecule has 0 unspecified atom stereocenters. The molecule has 2 bridgehead atoms. The average molecular weight is 340 g/mol. The molecular weight excluding hydrogens is 320 g/mol. The minimum Gasteiger partial charge on any atom is -0.461 e. The number of piperidine rings is 3. The highest BCUT2D eigenvalue weighted by atomic mass is 16.3. The SMILES string of the molecule is O=C(N[C@H]1CN2CCC1CC2)c1nccc2c(C(=O)N3CC3)coc12. The highest BCUT2D eigenvalue weighted by molar-refractivity contribution is 6.11. The molecule has 4 fully saturated rings. The van der Waals surface area contributed by atoms with Crippen LogP contribution in [0.4, 0.5) is 0 Å². The number of carbonyl (C=O) groups excluding carboxylic acids is 2. The van der Waals surface area contributed by atoms with Gasteiger partial charge in [0.05, 0.1) is 5.56 Å². The Balaban J connectivity index is 1.42. The van der Waals surface area contributed by atoms with Gasteiger partial charge in [-0.2, -0.15) is 0 Å². The largest absolute Gasteiger partial charge is 0.461 e. The molecule has 0 radical (unpaired) electrons. The molecule has 25 heavy (non-hydrogen) atoms. The molecule has 1 N–H and O–H groups in total. The van der Waals surface area contributed by atoms with Crippen molar-refractivity contribution in [3.8, 4) is 0 Å². The maximum absolute atomic E-state index is 12.8. The molecule has 4 aliphatic rings. The van der Waals surface area contributed by atoms with Gasteiger partial charge in [-0.15, -0.1) is 0 Å². The zero-order chi connectivity index (χ0) is 17.0. The molecule has 0 spiro atoms. The second-order valence-electron chi connectivity index (χ2n) is 7.20. The van der Waals surface area contributed by atoms with Crippen LogP contribution in [0.15, 0.2) is 22.9 Å². The van der Waals surface area contributed by atoms with Gasteiger partial charge in [0.1, 0.15) is 6.26 Å². The minimum absolute atomic E-state index is 0.0475. The number of carbonyl (C=O) groups is 2. The Kier molecular flexibility index (Phi) is 3.31. The Morgan fingerprint density at radius 3 is 2.68 bits per heavy atom. The van der Waals surface area contributed by atoms with Crippen LogP contribution in [0.3, 0.4) is 0 Å². The third kappa shape index (κ3) is 2.50. The van der Waals surface area contributed by atoms with E-state index in [9.17, 15) is 9.59 Å². The van der Waals surface area contributed by atoms with E-state index in [1.165, 1.54) is 6.26 Å². The van der Waals surface area contributed by atoms with Gasteiger partial charge in [-0.1, -0.05) is 0 Å². The van der Waals surface area contributed by atoms with Gasteiger partial charge >= 0.3 is 0 Å². The number of amides is 2. The molecule has 0 aromatic carbocycles. The van der Waals surface area contributed by atoms with Crippen molar-refractivity contribution in [2.45, 2.75) is 18.9 Å². The number of furan rings is 1. The van der Waals surface area contributed by atoms with E-state index in [2.05, 4.69) is 15.2 Å². The van der Waals surface area contributed by atoms with Gasteiger partial charge in [0.15, 0.2) is 11.3 Å². The average Bonchev–Trinajstić information content (AvgIpc) is 3.40. The predicted octanol–water partition coefficient (Wildman–Crippen LogP) is 1.11. The molecule has 0 saturated carbocycles. The molecule has 6 rings (SSSR count). The maximum atomic E-state index is 12.8. The first kappa shape index (κ1) is 14.9. The fourth-order valence-electron chi connectivity index (χ4n) is 4.08. The van der Waals surface area contributed by atoms with E-state index >= 15 is 0 Å². The number of nitrogens with one attached hydrogen (secondary N) is 1. The van der Waals surface area contributed by atoms with Crippen molar-refractivity contribution in [1.82, 2.24) is 20.1 Å². The fourth-order valence-corrected chi connectivity index (χ4v) is 4.08. The van der Waals surface area contributed by atoms with Gasteiger partial charge in [-0.25, -0.2) is 4.98 Å². The summed E-state index contributed by atoms with van der Waals surface area (Å²) in [7, 11) is 0. The van der Waals surface area contributed by atoms with Gasteiger partial charge in [0.25, 0.3) is 11.8 Å². The van der Waals surface area contributed by atoms with Gasteiger partial charge in [0, 0.05) is 37.3 Å². The molecule has 4 aliphatic heterocycles. The summed E-state index contributed by atoms with van der Waals surface area (Å²) in [6, 6.07) is 1.90. The normalized spacial score (nSPS) is 27.5. The lowest BCUT2D eigenvalue weighted by Crippen LogP contribution is -2.57. The highest BCUT2D eigenvalue weighted by Crippen LogP contribution is 2.29. The second kappa shape index (κ2) is 5.56. The first-order chi connectivity index (χ1) is 12.2. The first-order valence-electron chi connectivity index (χ1n) is 8.89. The summed E-state index contributed by atoms with van der Waals surface area (Å²) >= 11 is 0. The molecule has 4 saturated heterocycles. The van der Waals surface area contributed by atoms with Crippen molar-refractivity contribution in [3.05, 3.63) is 29.8 Å². The van der Waals surface area contributed by atoms with Crippen LogP contribution in [0, 0.1) is 5.92 Å². The monoisotopic (exact) mass is 340 g/mol. The third-order valence-corrected chi connectivity index (χ3v) is 5.64. The summed E-state index contributed by atoms with van der Waals surface area (Å²) in [4.78, 5) is 33.4. The molecule has 130 valence electrons. The summed E-state index contributed by atoms with van der Waals surface area (Å²) in [5, 5.41) is 3.79. The van der Waals surface area contributed by atoms with Crippen molar-refractivity contribution >= 4 is 22.8 Å². The summed E-state index contributed by atoms with van der Waals surface area (Å²) in [5.41, 5.74) is 1.16. The number of nitrogens with zero attached hydrogens (tertiary/aromatic N) is 3. The Hall–Kier alpha value is -2.41. The van der Waals surface area contributed by atoms with E-state index in [0.29, 0.717) is 22.5 Å². The minimum atomic E-state index is -0.218. The summed E-state index contributed by atoms with van der Waals surface area (Å²) in [6.07, 6.45) is 5.29. The smallest absolute Gasteiger partial charge is 0.274 e. The molecule has 7 heteroatoms. The van der Waals surface area contributed by atoms with Crippen molar-refractivity contribution in [2.75, 3.05) is 32.7 Å². The first-order valence-corrected chi connectivity index (χ1v) is 8.89. The molecule has 2 aromatic rings. The molecule has 2 amide bonds. The van der Waals surface area contributed by atoms with E-state index < -0.39 is 0 Å². The van der Waals surface area contributed by atoms with Crippen LogP contribution in [0.1, 0.15) is 33.7 Å². The van der Waals surface area contributed by atoms with Crippen LogP contribution in [-0.2, 0) is 0 Å². The number of aromatic nitrogens is 1. The van der Waals surface area contributed by atoms with Crippen molar-refractivity contribution in [2.24, 2.45) is 5.92 Å². The fraction of sp³-hybridized carbons (Fsp3) is 0.500. The zero-order valence-electron chi connectivity index (χ0n) is 13.9. The second-order valence-corrected chi connectivity index (χ2v) is 7.20. The van der Waals surface area contributed by atoms with Gasteiger partial charge in [-0.05, 0) is 37.9 Å². The Morgan fingerprint density at radius 2 is 2.00 bits per heavy atom. The van der Waals surface area contributed by atoms with E-state index in [-0.39, 0.29) is 23.6 Å². The van der Waals surface area contributed by atoms with E-state index in [1.807, 2.05) is 0 Å². The van der Waals surface area contributed by atoms with Gasteiger partial charge in [0.2, 0.25) is 0 Å². The number of hydrogen-bond donors (Lipinski definition) is 1. The van der Waals surface area contributed by atoms with E-state index in [4.69, 9.17) is 4.42 Å². The van der Waals surface area contributed by atoms with Crippen LogP contribution >= 0.6 is 0 Å². The predicted molar refractivity (Wildman–Crippen MR) is 90.3 cm³/mol. The highest BCUT2D eigenvalue weighted by Gasteiger charge is 2.36. The van der Waals surface area contributed by atoms with Crippen LogP contribution in [-0.4, -0.2) is 65.4 Å². The standard InChI is InChI=1S/C18H20N4O3/c23-17(20-14-9-21-5-2-11(14)3-6-21)15-16-12(1-4-19-15)13(10-25-16)18(24)22-7-8-22/h1,4,10-11,14H,2-3,5-9H2,(H,20,23)/t14-/m0/s1. The van der Waals surface area contributed by atoms with Gasteiger partial charge in [-0.3, -0.25) is 9.59 Å². The lowest BCUT2D eigenvalue weighted by Gasteiger charge is -2.44. The Bertz CT molecular complexity index is 849. The van der Waals surface area contributed by atoms with Crippen molar-refractivity contribution in [1.29, 1.82) is 0 Å². The summed E-state index contributed by atoms with van der Waals surface area (Å²) < 4.78 is 5.57. The molecule has 7 nitrogen and oxygen atoms in total. The third-order valence-electron chi connectivity index (χ3n) is 5.64. The number of rotatable bonds is 3. The van der Waals surface area contributed by atoms with Crippen LogP contribution < -0.4 is 5.32 Å². The Labute approximate surface area is 145 Å². The molecule has 1 atom stereocenters. The van der Waals surface area contributed by atoms with Crippen LogP contribution in [0.25, 0.3) is 11.0 Å². The lowest BCUT2D eigenvalue weighted by atomic mass is 9.84. The van der Waals surface area contributed by atoms with E-state index in [1.54, 1.807) is 17.2 Å².